The van der Waals surface area contributed by atoms with Gasteiger partial charge in [0.2, 0.25) is 0 Å². The first kappa shape index (κ1) is 12.0. The standard InChI is InChI=1S/C14H21NS/c1-11-3-4-13(12(2)9-11)10-15-14-5-7-16-8-6-14/h3-4,9,14-15H,5-8,10H2,1-2H3. The molecule has 1 nitrogen and oxygen atoms in total. The number of rotatable bonds is 3. The minimum Gasteiger partial charge on any atom is -0.310 e. The van der Waals surface area contributed by atoms with Crippen LogP contribution in [0.4, 0.5) is 0 Å². The fourth-order valence-corrected chi connectivity index (χ4v) is 3.31. The van der Waals surface area contributed by atoms with Gasteiger partial charge in [0.25, 0.3) is 0 Å². The van der Waals surface area contributed by atoms with Crippen LogP contribution in [0.15, 0.2) is 18.2 Å². The van der Waals surface area contributed by atoms with Crippen molar-refractivity contribution >= 4 is 11.8 Å². The zero-order valence-corrected chi connectivity index (χ0v) is 11.1. The van der Waals surface area contributed by atoms with Crippen molar-refractivity contribution in [1.82, 2.24) is 5.32 Å². The molecule has 0 bridgehead atoms. The maximum atomic E-state index is 3.68. The van der Waals surface area contributed by atoms with Crippen LogP contribution in [0.2, 0.25) is 0 Å². The predicted octanol–water partition coefficient (Wildman–Crippen LogP) is 3.29. The highest BCUT2D eigenvalue weighted by Gasteiger charge is 2.12. The van der Waals surface area contributed by atoms with Crippen LogP contribution < -0.4 is 5.32 Å². The summed E-state index contributed by atoms with van der Waals surface area (Å²) in [4.78, 5) is 0. The van der Waals surface area contributed by atoms with Crippen molar-refractivity contribution in [2.24, 2.45) is 0 Å². The Morgan fingerprint density at radius 1 is 1.25 bits per heavy atom. The van der Waals surface area contributed by atoms with Crippen molar-refractivity contribution in [3.8, 4) is 0 Å². The molecule has 0 saturated carbocycles. The van der Waals surface area contributed by atoms with Crippen LogP contribution in [0.1, 0.15) is 29.5 Å². The topological polar surface area (TPSA) is 12.0 Å². The Balaban J connectivity index is 1.88. The fraction of sp³-hybridized carbons (Fsp3) is 0.571. The van der Waals surface area contributed by atoms with Gasteiger partial charge in [0, 0.05) is 12.6 Å². The molecule has 1 aromatic rings. The van der Waals surface area contributed by atoms with Crippen LogP contribution in [0.5, 0.6) is 0 Å². The molecule has 0 spiro atoms. The van der Waals surface area contributed by atoms with Crippen molar-refractivity contribution in [3.05, 3.63) is 34.9 Å². The minimum absolute atomic E-state index is 0.738. The average molecular weight is 235 g/mol. The lowest BCUT2D eigenvalue weighted by atomic mass is 10.0. The molecule has 0 unspecified atom stereocenters. The smallest absolute Gasteiger partial charge is 0.0210 e. The Bertz CT molecular complexity index is 343. The zero-order valence-electron chi connectivity index (χ0n) is 10.3. The molecule has 1 saturated heterocycles. The first-order valence-electron chi connectivity index (χ1n) is 6.13. The van der Waals surface area contributed by atoms with Gasteiger partial charge in [-0.2, -0.15) is 11.8 Å². The third-order valence-corrected chi connectivity index (χ3v) is 4.35. The van der Waals surface area contributed by atoms with Crippen molar-refractivity contribution in [2.75, 3.05) is 11.5 Å². The van der Waals surface area contributed by atoms with Gasteiger partial charge >= 0.3 is 0 Å². The molecule has 1 N–H and O–H groups in total. The summed E-state index contributed by atoms with van der Waals surface area (Å²) in [7, 11) is 0. The second kappa shape index (κ2) is 5.74. The van der Waals surface area contributed by atoms with E-state index in [0.29, 0.717) is 0 Å². The van der Waals surface area contributed by atoms with Crippen molar-refractivity contribution in [3.63, 3.8) is 0 Å². The number of hydrogen-bond donors (Lipinski definition) is 1. The Hall–Kier alpha value is -0.470. The zero-order chi connectivity index (χ0) is 11.4. The summed E-state index contributed by atoms with van der Waals surface area (Å²) in [6.07, 6.45) is 2.66. The Labute approximate surface area is 103 Å². The summed E-state index contributed by atoms with van der Waals surface area (Å²) in [5.74, 6) is 2.65. The normalized spacial score (nSPS) is 17.6. The quantitative estimate of drug-likeness (QED) is 0.863. The molecule has 0 aromatic heterocycles. The van der Waals surface area contributed by atoms with Crippen LogP contribution in [-0.4, -0.2) is 17.5 Å². The number of benzene rings is 1. The van der Waals surface area contributed by atoms with Crippen molar-refractivity contribution in [1.29, 1.82) is 0 Å². The van der Waals surface area contributed by atoms with Gasteiger partial charge < -0.3 is 5.32 Å². The van der Waals surface area contributed by atoms with Gasteiger partial charge in [-0.05, 0) is 49.3 Å². The predicted molar refractivity (Wildman–Crippen MR) is 73.1 cm³/mol. The minimum atomic E-state index is 0.738. The molecule has 0 radical (unpaired) electrons. The van der Waals surface area contributed by atoms with E-state index in [0.717, 1.165) is 12.6 Å². The van der Waals surface area contributed by atoms with Crippen LogP contribution in [0, 0.1) is 13.8 Å². The van der Waals surface area contributed by atoms with Gasteiger partial charge in [0.1, 0.15) is 0 Å². The molecular weight excluding hydrogens is 214 g/mol. The van der Waals surface area contributed by atoms with E-state index >= 15 is 0 Å². The van der Waals surface area contributed by atoms with Crippen LogP contribution in [0.25, 0.3) is 0 Å². The van der Waals surface area contributed by atoms with E-state index in [2.05, 4.69) is 49.1 Å². The Morgan fingerprint density at radius 3 is 2.69 bits per heavy atom. The van der Waals surface area contributed by atoms with Gasteiger partial charge in [0.05, 0.1) is 0 Å². The molecule has 16 heavy (non-hydrogen) atoms. The monoisotopic (exact) mass is 235 g/mol. The van der Waals surface area contributed by atoms with E-state index in [9.17, 15) is 0 Å². The van der Waals surface area contributed by atoms with Gasteiger partial charge in [0.15, 0.2) is 0 Å². The third kappa shape index (κ3) is 3.26. The first-order chi connectivity index (χ1) is 7.75. The SMILES string of the molecule is Cc1ccc(CNC2CCSCC2)c(C)c1. The molecule has 1 aliphatic rings. The van der Waals surface area contributed by atoms with Gasteiger partial charge in [-0.15, -0.1) is 0 Å². The maximum Gasteiger partial charge on any atom is 0.0210 e. The van der Waals surface area contributed by atoms with Crippen LogP contribution in [-0.2, 0) is 6.54 Å². The summed E-state index contributed by atoms with van der Waals surface area (Å²) < 4.78 is 0. The van der Waals surface area contributed by atoms with Crippen LogP contribution in [0.3, 0.4) is 0 Å². The van der Waals surface area contributed by atoms with E-state index in [1.165, 1.54) is 41.0 Å². The summed E-state index contributed by atoms with van der Waals surface area (Å²) in [5.41, 5.74) is 4.22. The lowest BCUT2D eigenvalue weighted by Crippen LogP contribution is -2.32. The first-order valence-corrected chi connectivity index (χ1v) is 7.28. The number of thioether (sulfide) groups is 1. The Morgan fingerprint density at radius 2 is 2.00 bits per heavy atom. The number of hydrogen-bond acceptors (Lipinski definition) is 2. The fourth-order valence-electron chi connectivity index (χ4n) is 2.20. The van der Waals surface area contributed by atoms with E-state index in [1.54, 1.807) is 0 Å². The molecule has 0 aliphatic carbocycles. The number of nitrogens with one attached hydrogen (secondary N) is 1. The molecule has 1 aliphatic heterocycles. The average Bonchev–Trinajstić information content (AvgIpc) is 2.29. The molecule has 1 fully saturated rings. The van der Waals surface area contributed by atoms with Gasteiger partial charge in [-0.3, -0.25) is 0 Å². The van der Waals surface area contributed by atoms with Crippen LogP contribution >= 0.6 is 11.8 Å². The number of aryl methyl sites for hydroxylation is 2. The molecule has 0 amide bonds. The van der Waals surface area contributed by atoms with E-state index in [4.69, 9.17) is 0 Å². The lowest BCUT2D eigenvalue weighted by Gasteiger charge is -2.23. The van der Waals surface area contributed by atoms with E-state index in [1.807, 2.05) is 0 Å². The third-order valence-electron chi connectivity index (χ3n) is 3.30. The highest BCUT2D eigenvalue weighted by atomic mass is 32.2. The summed E-state index contributed by atoms with van der Waals surface area (Å²) >= 11 is 2.09. The molecule has 1 aromatic carbocycles. The van der Waals surface area contributed by atoms with Gasteiger partial charge in [-0.25, -0.2) is 0 Å². The van der Waals surface area contributed by atoms with E-state index < -0.39 is 0 Å². The molecule has 2 rings (SSSR count). The molecule has 0 atom stereocenters. The largest absolute Gasteiger partial charge is 0.310 e. The second-order valence-corrected chi connectivity index (χ2v) is 5.92. The summed E-state index contributed by atoms with van der Waals surface area (Å²) in [6, 6.07) is 7.48. The Kier molecular flexibility index (Phi) is 4.30. The molecule has 88 valence electrons. The summed E-state index contributed by atoms with van der Waals surface area (Å²) in [6.45, 7) is 5.39. The second-order valence-electron chi connectivity index (χ2n) is 4.70. The highest BCUT2D eigenvalue weighted by Crippen LogP contribution is 2.18. The molecule has 2 heteroatoms. The van der Waals surface area contributed by atoms with Gasteiger partial charge in [-0.1, -0.05) is 23.8 Å². The lowest BCUT2D eigenvalue weighted by molar-refractivity contribution is 0.481. The summed E-state index contributed by atoms with van der Waals surface area (Å²) in [5, 5.41) is 3.68. The molecular formula is C14H21NS. The highest BCUT2D eigenvalue weighted by molar-refractivity contribution is 7.99. The molecule has 1 heterocycles. The van der Waals surface area contributed by atoms with Crippen molar-refractivity contribution < 1.29 is 0 Å². The maximum absolute atomic E-state index is 3.68. The van der Waals surface area contributed by atoms with Crippen molar-refractivity contribution in [2.45, 2.75) is 39.3 Å². The van der Waals surface area contributed by atoms with E-state index in [-0.39, 0.29) is 0 Å².